The van der Waals surface area contributed by atoms with Crippen molar-refractivity contribution in [2.45, 2.75) is 17.6 Å². The van der Waals surface area contributed by atoms with Crippen LogP contribution >= 0.6 is 12.6 Å². The van der Waals surface area contributed by atoms with E-state index < -0.39 is 17.6 Å². The van der Waals surface area contributed by atoms with E-state index in [1.807, 2.05) is 0 Å². The fourth-order valence-corrected chi connectivity index (χ4v) is 3.04. The van der Waals surface area contributed by atoms with Crippen molar-refractivity contribution in [3.8, 4) is 0 Å². The van der Waals surface area contributed by atoms with Gasteiger partial charge in [0.1, 0.15) is 0 Å². The third kappa shape index (κ3) is 4.31. The van der Waals surface area contributed by atoms with Gasteiger partial charge in [-0.05, 0) is 0 Å². The van der Waals surface area contributed by atoms with Crippen LogP contribution in [0.25, 0.3) is 0 Å². The van der Waals surface area contributed by atoms with Crippen LogP contribution in [0.3, 0.4) is 0 Å². The zero-order chi connectivity index (χ0) is 16.3. The molecule has 0 bridgehead atoms. The van der Waals surface area contributed by atoms with Crippen LogP contribution in [-0.2, 0) is 12.7 Å². The summed E-state index contributed by atoms with van der Waals surface area (Å²) in [6.45, 7) is -0.195. The molecule has 0 saturated carbocycles. The molecular formula is C15H11AsF3NOS. The van der Waals surface area contributed by atoms with Crippen molar-refractivity contribution in [3.63, 3.8) is 0 Å². The Balaban J connectivity index is 2.15. The number of hydrogen-bond acceptors (Lipinski definition) is 2. The SMILES string of the molecule is O=C(NCc1ccccc1C(F)(F)F)c1cc(S)cc([As])c1. The van der Waals surface area contributed by atoms with E-state index in [2.05, 4.69) is 34.8 Å². The Hall–Kier alpha value is -1.39. The topological polar surface area (TPSA) is 29.1 Å². The Labute approximate surface area is 140 Å². The number of hydrogen-bond donors (Lipinski definition) is 2. The molecule has 0 spiro atoms. The van der Waals surface area contributed by atoms with Crippen LogP contribution < -0.4 is 9.67 Å². The molecule has 0 aromatic heterocycles. The fourth-order valence-electron chi connectivity index (χ4n) is 1.95. The molecule has 0 aliphatic rings. The summed E-state index contributed by atoms with van der Waals surface area (Å²) in [4.78, 5) is 12.7. The molecule has 1 amide bonds. The van der Waals surface area contributed by atoms with Gasteiger partial charge in [-0.2, -0.15) is 0 Å². The molecular weight excluding hydrogens is 374 g/mol. The minimum atomic E-state index is -4.44. The zero-order valence-electron chi connectivity index (χ0n) is 11.2. The quantitative estimate of drug-likeness (QED) is 0.618. The molecule has 7 heteroatoms. The van der Waals surface area contributed by atoms with E-state index in [0.29, 0.717) is 10.5 Å². The molecule has 0 heterocycles. The second-order valence-electron chi connectivity index (χ2n) is 4.58. The molecule has 0 atom stereocenters. The Kier molecular flexibility index (Phi) is 5.24. The van der Waals surface area contributed by atoms with Crippen LogP contribution in [0.15, 0.2) is 47.4 Å². The summed E-state index contributed by atoms with van der Waals surface area (Å²) in [5, 5.41) is 2.50. The van der Waals surface area contributed by atoms with Crippen molar-refractivity contribution < 1.29 is 18.0 Å². The van der Waals surface area contributed by atoms with Gasteiger partial charge in [0.25, 0.3) is 0 Å². The summed E-state index contributed by atoms with van der Waals surface area (Å²) < 4.78 is 39.4. The Bertz CT molecular complexity index is 683. The number of thiol groups is 1. The molecule has 0 saturated heterocycles. The molecule has 0 fully saturated rings. The summed E-state index contributed by atoms with van der Waals surface area (Å²) in [7, 11) is 0. The number of benzene rings is 2. The van der Waals surface area contributed by atoms with Gasteiger partial charge in [0.15, 0.2) is 0 Å². The molecule has 2 aromatic rings. The van der Waals surface area contributed by atoms with Crippen molar-refractivity contribution in [1.82, 2.24) is 5.32 Å². The molecule has 2 nitrogen and oxygen atoms in total. The first-order valence-corrected chi connectivity index (χ1v) is 7.62. The van der Waals surface area contributed by atoms with Gasteiger partial charge in [0, 0.05) is 0 Å². The summed E-state index contributed by atoms with van der Waals surface area (Å²) in [6.07, 6.45) is -4.44. The second kappa shape index (κ2) is 6.80. The van der Waals surface area contributed by atoms with E-state index in [0.717, 1.165) is 10.4 Å². The number of alkyl halides is 3. The first kappa shape index (κ1) is 17.0. The molecule has 2 rings (SSSR count). The van der Waals surface area contributed by atoms with Crippen LogP contribution in [0.2, 0.25) is 0 Å². The molecule has 22 heavy (non-hydrogen) atoms. The van der Waals surface area contributed by atoms with Crippen LogP contribution in [0.4, 0.5) is 13.2 Å². The van der Waals surface area contributed by atoms with Crippen LogP contribution in [0.5, 0.6) is 0 Å². The average molecular weight is 385 g/mol. The third-order valence-corrected chi connectivity index (χ3v) is 3.73. The molecule has 2 radical (unpaired) electrons. The summed E-state index contributed by atoms with van der Waals surface area (Å²) >= 11 is 6.46. The van der Waals surface area contributed by atoms with Crippen LogP contribution in [0.1, 0.15) is 21.5 Å². The van der Waals surface area contributed by atoms with Gasteiger partial charge in [-0.25, -0.2) is 0 Å². The Morgan fingerprint density at radius 1 is 1.18 bits per heavy atom. The van der Waals surface area contributed by atoms with Crippen molar-refractivity contribution in [2.24, 2.45) is 0 Å². The van der Waals surface area contributed by atoms with E-state index in [9.17, 15) is 18.0 Å². The van der Waals surface area contributed by atoms with E-state index in [4.69, 9.17) is 0 Å². The van der Waals surface area contributed by atoms with Crippen molar-refractivity contribution in [2.75, 3.05) is 0 Å². The second-order valence-corrected chi connectivity index (χ2v) is 6.18. The first-order valence-electron chi connectivity index (χ1n) is 6.23. The maximum absolute atomic E-state index is 12.9. The minimum absolute atomic E-state index is 0.0258. The van der Waals surface area contributed by atoms with Gasteiger partial charge < -0.3 is 0 Å². The fraction of sp³-hybridized carbons (Fsp3) is 0.133. The number of carbonyl (C=O) groups excluding carboxylic acids is 1. The number of halogens is 3. The standard InChI is InChI=1S/C15H11AsF3NOS/c16-11-5-10(6-12(22)7-11)14(21)20-8-9-3-1-2-4-13(9)15(17,18)19/h1-7,22H,8H2,(H,20,21). The Morgan fingerprint density at radius 3 is 2.50 bits per heavy atom. The van der Waals surface area contributed by atoms with Crippen LogP contribution in [-0.4, -0.2) is 22.8 Å². The van der Waals surface area contributed by atoms with Crippen molar-refractivity contribution >= 4 is 39.7 Å². The van der Waals surface area contributed by atoms with Gasteiger partial charge in [0.2, 0.25) is 0 Å². The first-order chi connectivity index (χ1) is 10.3. The van der Waals surface area contributed by atoms with Gasteiger partial charge in [0.05, 0.1) is 0 Å². The summed E-state index contributed by atoms with van der Waals surface area (Å²) in [5.74, 6) is -0.444. The van der Waals surface area contributed by atoms with Crippen LogP contribution in [0, 0.1) is 0 Å². The summed E-state index contributed by atoms with van der Waals surface area (Å²) in [5.41, 5.74) is -0.364. The van der Waals surface area contributed by atoms with E-state index in [-0.39, 0.29) is 12.1 Å². The number of nitrogens with one attached hydrogen (secondary N) is 1. The van der Waals surface area contributed by atoms with Gasteiger partial charge in [-0.1, -0.05) is 0 Å². The number of carbonyl (C=O) groups is 1. The average Bonchev–Trinajstić information content (AvgIpc) is 2.43. The predicted molar refractivity (Wildman–Crippen MR) is 81.7 cm³/mol. The Morgan fingerprint density at radius 2 is 1.86 bits per heavy atom. The number of amides is 1. The molecule has 1 N–H and O–H groups in total. The summed E-state index contributed by atoms with van der Waals surface area (Å²) in [6, 6.07) is 10.1. The van der Waals surface area contributed by atoms with Gasteiger partial charge >= 0.3 is 140 Å². The van der Waals surface area contributed by atoms with E-state index >= 15 is 0 Å². The number of rotatable bonds is 3. The molecule has 0 aliphatic carbocycles. The van der Waals surface area contributed by atoms with Crippen molar-refractivity contribution in [1.29, 1.82) is 0 Å². The zero-order valence-corrected chi connectivity index (χ0v) is 14.0. The molecule has 2 aromatic carbocycles. The normalized spacial score (nSPS) is 11.3. The maximum atomic E-state index is 12.9. The van der Waals surface area contributed by atoms with E-state index in [1.165, 1.54) is 18.2 Å². The molecule has 114 valence electrons. The predicted octanol–water partition coefficient (Wildman–Crippen LogP) is 2.72. The molecule has 0 aliphatic heterocycles. The molecule has 0 unspecified atom stereocenters. The van der Waals surface area contributed by atoms with Gasteiger partial charge in [-0.15, -0.1) is 0 Å². The van der Waals surface area contributed by atoms with Crippen molar-refractivity contribution in [3.05, 3.63) is 59.2 Å². The third-order valence-electron chi connectivity index (χ3n) is 2.93. The van der Waals surface area contributed by atoms with Gasteiger partial charge in [-0.3, -0.25) is 0 Å². The van der Waals surface area contributed by atoms with E-state index in [1.54, 1.807) is 18.2 Å². The monoisotopic (exact) mass is 385 g/mol.